The van der Waals surface area contributed by atoms with Crippen LogP contribution in [-0.2, 0) is 0 Å². The molecule has 0 saturated heterocycles. The van der Waals surface area contributed by atoms with Gasteiger partial charge in [0.1, 0.15) is 0 Å². The van der Waals surface area contributed by atoms with Crippen LogP contribution in [0.2, 0.25) is 0 Å². The van der Waals surface area contributed by atoms with Gasteiger partial charge in [0.2, 0.25) is 0 Å². The van der Waals surface area contributed by atoms with Gasteiger partial charge in [-0.3, -0.25) is 0 Å². The van der Waals surface area contributed by atoms with E-state index >= 15 is 0 Å². The molecule has 5 rings (SSSR count). The minimum absolute atomic E-state index is 0.0706. The first-order valence-electron chi connectivity index (χ1n) is 13.8. The van der Waals surface area contributed by atoms with Crippen molar-refractivity contribution < 1.29 is 5.11 Å². The average molecular weight is 415 g/mol. The van der Waals surface area contributed by atoms with Crippen LogP contribution < -0.4 is 0 Å². The lowest BCUT2D eigenvalue weighted by molar-refractivity contribution is -0.133. The Labute approximate surface area is 187 Å². The van der Waals surface area contributed by atoms with Gasteiger partial charge < -0.3 is 5.11 Å². The quantitative estimate of drug-likeness (QED) is 0.485. The smallest absolute Gasteiger partial charge is 0.0594 e. The minimum Gasteiger partial charge on any atom is -0.393 e. The van der Waals surface area contributed by atoms with Crippen molar-refractivity contribution in [1.82, 2.24) is 0 Å². The van der Waals surface area contributed by atoms with Crippen LogP contribution in [0.1, 0.15) is 119 Å². The fourth-order valence-electron chi connectivity index (χ4n) is 10.9. The van der Waals surface area contributed by atoms with Gasteiger partial charge in [0.15, 0.2) is 0 Å². The normalized spacial score (nSPS) is 52.2. The summed E-state index contributed by atoms with van der Waals surface area (Å²) in [5, 5.41) is 10.8. The van der Waals surface area contributed by atoms with E-state index in [1.807, 2.05) is 0 Å². The first-order valence-corrected chi connectivity index (χ1v) is 13.8. The van der Waals surface area contributed by atoms with Crippen molar-refractivity contribution in [1.29, 1.82) is 0 Å². The molecule has 5 saturated carbocycles. The van der Waals surface area contributed by atoms with Gasteiger partial charge in [0.05, 0.1) is 6.10 Å². The van der Waals surface area contributed by atoms with Crippen molar-refractivity contribution in [3.63, 3.8) is 0 Å². The molecule has 1 N–H and O–H groups in total. The summed E-state index contributed by atoms with van der Waals surface area (Å²) in [4.78, 5) is 0. The van der Waals surface area contributed by atoms with Gasteiger partial charge in [-0.15, -0.1) is 0 Å². The number of aliphatic hydroxyl groups is 1. The molecule has 0 heterocycles. The Morgan fingerprint density at radius 1 is 0.800 bits per heavy atom. The van der Waals surface area contributed by atoms with Crippen molar-refractivity contribution >= 4 is 0 Å². The Balaban J connectivity index is 1.34. The van der Waals surface area contributed by atoms with Crippen LogP contribution in [0.15, 0.2) is 0 Å². The molecule has 0 radical (unpaired) electrons. The van der Waals surface area contributed by atoms with Gasteiger partial charge in [-0.2, -0.15) is 0 Å². The summed E-state index contributed by atoms with van der Waals surface area (Å²) in [5.41, 5.74) is 2.04. The Morgan fingerprint density at radius 3 is 2.27 bits per heavy atom. The van der Waals surface area contributed by atoms with Crippen LogP contribution in [0.25, 0.3) is 0 Å². The summed E-state index contributed by atoms with van der Waals surface area (Å²) in [6.07, 6.45) is 17.1. The van der Waals surface area contributed by atoms with Gasteiger partial charge in [-0.1, -0.05) is 60.8 Å². The standard InChI is InChI=1S/C29H50O/c1-19(2)8-7-9-20(3)21-10-11-22-23-12-13-24-26(4,5)25(30)14-15-29(24)18-28(23,29)17-16-27(21,22)6/h19-25,30H,7-18H2,1-6H3/t20-,21+,22+,23+,24+,25+,27-,28+,29-/m1/s1. The molecule has 0 aromatic rings. The lowest BCUT2D eigenvalue weighted by Gasteiger charge is -2.59. The first-order chi connectivity index (χ1) is 14.1. The molecule has 0 aliphatic heterocycles. The number of rotatable bonds is 5. The van der Waals surface area contributed by atoms with E-state index in [9.17, 15) is 5.11 Å². The maximum absolute atomic E-state index is 10.8. The van der Waals surface area contributed by atoms with E-state index in [0.717, 1.165) is 41.9 Å². The van der Waals surface area contributed by atoms with Crippen LogP contribution >= 0.6 is 0 Å². The van der Waals surface area contributed by atoms with Crippen LogP contribution in [0.5, 0.6) is 0 Å². The SMILES string of the molecule is CC(C)CCC[C@@H](C)[C@@H]1CC[C@H]2[C@@H]3CC[C@H]4C(C)(C)[C@@H](O)CC[C@@]45C[C@@]35CC[C@]12C. The van der Waals surface area contributed by atoms with Crippen molar-refractivity contribution in [3.05, 3.63) is 0 Å². The van der Waals surface area contributed by atoms with E-state index in [4.69, 9.17) is 0 Å². The van der Waals surface area contributed by atoms with Crippen molar-refractivity contribution in [2.45, 2.75) is 125 Å². The Bertz CT molecular complexity index is 665. The van der Waals surface area contributed by atoms with E-state index in [-0.39, 0.29) is 11.5 Å². The number of hydrogen-bond acceptors (Lipinski definition) is 1. The van der Waals surface area contributed by atoms with Crippen LogP contribution in [0, 0.1) is 57.2 Å². The van der Waals surface area contributed by atoms with E-state index in [1.54, 1.807) is 0 Å². The van der Waals surface area contributed by atoms with Crippen molar-refractivity contribution in [2.75, 3.05) is 0 Å². The number of fused-ring (bicyclic) bond motifs is 2. The minimum atomic E-state index is -0.0706. The molecule has 0 aromatic carbocycles. The zero-order valence-electron chi connectivity index (χ0n) is 21.0. The summed E-state index contributed by atoms with van der Waals surface area (Å²) >= 11 is 0. The van der Waals surface area contributed by atoms with E-state index < -0.39 is 0 Å². The van der Waals surface area contributed by atoms with E-state index in [2.05, 4.69) is 41.5 Å². The molecule has 5 aliphatic carbocycles. The van der Waals surface area contributed by atoms with Crippen molar-refractivity contribution in [3.8, 4) is 0 Å². The predicted molar refractivity (Wildman–Crippen MR) is 126 cm³/mol. The molecule has 0 bridgehead atoms. The highest BCUT2D eigenvalue weighted by molar-refractivity contribution is 5.28. The second kappa shape index (κ2) is 6.98. The largest absolute Gasteiger partial charge is 0.393 e. The van der Waals surface area contributed by atoms with Gasteiger partial charge in [0.25, 0.3) is 0 Å². The van der Waals surface area contributed by atoms with Crippen molar-refractivity contribution in [2.24, 2.45) is 57.2 Å². The molecule has 1 heteroatoms. The highest BCUT2D eigenvalue weighted by Gasteiger charge is 2.80. The fourth-order valence-corrected chi connectivity index (χ4v) is 10.9. The van der Waals surface area contributed by atoms with Gasteiger partial charge in [-0.05, 0) is 115 Å². The predicted octanol–water partition coefficient (Wildman–Crippen LogP) is 7.86. The van der Waals surface area contributed by atoms with Gasteiger partial charge in [0, 0.05) is 0 Å². The summed E-state index contributed by atoms with van der Waals surface area (Å²) in [7, 11) is 0. The van der Waals surface area contributed by atoms with E-state index in [1.165, 1.54) is 70.6 Å². The Hall–Kier alpha value is -0.0400. The zero-order valence-corrected chi connectivity index (χ0v) is 21.0. The topological polar surface area (TPSA) is 20.2 Å². The molecular weight excluding hydrogens is 364 g/mol. The molecule has 9 atom stereocenters. The fraction of sp³-hybridized carbons (Fsp3) is 1.00. The maximum Gasteiger partial charge on any atom is 0.0594 e. The third kappa shape index (κ3) is 2.75. The molecule has 30 heavy (non-hydrogen) atoms. The molecule has 0 unspecified atom stereocenters. The maximum atomic E-state index is 10.8. The third-order valence-corrected chi connectivity index (χ3v) is 12.5. The highest BCUT2D eigenvalue weighted by atomic mass is 16.3. The Morgan fingerprint density at radius 2 is 1.53 bits per heavy atom. The highest BCUT2D eigenvalue weighted by Crippen LogP contribution is 2.87. The Kier molecular flexibility index (Phi) is 5.07. The second-order valence-electron chi connectivity index (χ2n) is 14.2. The van der Waals surface area contributed by atoms with Gasteiger partial charge >= 0.3 is 0 Å². The number of aliphatic hydroxyl groups excluding tert-OH is 1. The number of hydrogen-bond donors (Lipinski definition) is 1. The molecule has 0 aromatic heterocycles. The first kappa shape index (κ1) is 21.8. The molecule has 5 fully saturated rings. The third-order valence-electron chi connectivity index (χ3n) is 12.5. The van der Waals surface area contributed by atoms with Crippen LogP contribution in [0.3, 0.4) is 0 Å². The molecule has 1 nitrogen and oxygen atoms in total. The van der Waals surface area contributed by atoms with Crippen LogP contribution in [0.4, 0.5) is 0 Å². The second-order valence-corrected chi connectivity index (χ2v) is 14.2. The van der Waals surface area contributed by atoms with Crippen LogP contribution in [-0.4, -0.2) is 11.2 Å². The molecule has 172 valence electrons. The monoisotopic (exact) mass is 414 g/mol. The molecule has 0 amide bonds. The zero-order chi connectivity index (χ0) is 21.5. The molecule has 5 aliphatic rings. The summed E-state index contributed by atoms with van der Waals surface area (Å²) in [6, 6.07) is 0. The summed E-state index contributed by atoms with van der Waals surface area (Å²) < 4.78 is 0. The lowest BCUT2D eigenvalue weighted by atomic mass is 9.46. The summed E-state index contributed by atoms with van der Waals surface area (Å²) in [6.45, 7) is 14.9. The molecule has 2 spiro atoms. The molecular formula is C29H50O. The van der Waals surface area contributed by atoms with Gasteiger partial charge in [-0.25, -0.2) is 0 Å². The summed E-state index contributed by atoms with van der Waals surface area (Å²) in [5.74, 6) is 5.54. The van der Waals surface area contributed by atoms with E-state index in [0.29, 0.717) is 16.2 Å². The average Bonchev–Trinajstić information content (AvgIpc) is 3.21. The lowest BCUT2D eigenvalue weighted by Crippen LogP contribution is -2.54.